The van der Waals surface area contributed by atoms with Gasteiger partial charge in [-0.05, 0) is 118 Å². The fourth-order valence-electron chi connectivity index (χ4n) is 15.9. The maximum atomic E-state index is 12.4. The third-order valence-electron chi connectivity index (χ3n) is 19.8. The Kier molecular flexibility index (Phi) is 13.7. The number of ether oxygens (including phenoxy) is 7. The molecule has 0 aromatic carbocycles. The molecule has 8 fully saturated rings. The van der Waals surface area contributed by atoms with Crippen LogP contribution >= 0.6 is 0 Å². The molecule has 0 radical (unpaired) electrons. The van der Waals surface area contributed by atoms with Crippen LogP contribution in [0.1, 0.15) is 121 Å². The van der Waals surface area contributed by atoms with Gasteiger partial charge in [-0.2, -0.15) is 0 Å². The van der Waals surface area contributed by atoms with E-state index in [0.717, 1.165) is 12.8 Å². The zero-order chi connectivity index (χ0) is 48.6. The Morgan fingerprint density at radius 1 is 0.606 bits per heavy atom. The van der Waals surface area contributed by atoms with Crippen LogP contribution in [0.15, 0.2) is 0 Å². The first-order valence-corrected chi connectivity index (χ1v) is 24.5. The molecule has 382 valence electrons. The van der Waals surface area contributed by atoms with Crippen molar-refractivity contribution in [3.63, 3.8) is 0 Å². The minimum absolute atomic E-state index is 0.0582. The van der Waals surface area contributed by atoms with Gasteiger partial charge in [0.05, 0.1) is 54.9 Å². The van der Waals surface area contributed by atoms with Gasteiger partial charge in [0.2, 0.25) is 0 Å². The Balaban J connectivity index is 1.14. The Labute approximate surface area is 388 Å². The molecule has 18 heteroatoms. The molecule has 66 heavy (non-hydrogen) atoms. The molecule has 18 nitrogen and oxygen atoms in total. The van der Waals surface area contributed by atoms with E-state index < -0.39 is 144 Å². The maximum absolute atomic E-state index is 12.4. The van der Waals surface area contributed by atoms with Crippen molar-refractivity contribution < 1.29 is 89.3 Å². The molecule has 11 N–H and O–H groups in total. The van der Waals surface area contributed by atoms with Crippen molar-refractivity contribution in [2.24, 2.45) is 44.8 Å². The minimum Gasteiger partial charge on any atom is -0.394 e. The predicted molar refractivity (Wildman–Crippen MR) is 232 cm³/mol. The summed E-state index contributed by atoms with van der Waals surface area (Å²) >= 11 is 0. The Morgan fingerprint density at radius 2 is 1.21 bits per heavy atom. The lowest BCUT2D eigenvalue weighted by Gasteiger charge is -2.73. The average molecular weight is 947 g/mol. The first-order valence-electron chi connectivity index (χ1n) is 24.5. The van der Waals surface area contributed by atoms with E-state index in [1.54, 1.807) is 13.8 Å². The molecular weight excluding hydrogens is 865 g/mol. The summed E-state index contributed by atoms with van der Waals surface area (Å²) in [6.07, 6.45) is -17.6. The van der Waals surface area contributed by atoms with Crippen molar-refractivity contribution in [3.8, 4) is 0 Å². The molecule has 0 spiro atoms. The van der Waals surface area contributed by atoms with Gasteiger partial charge in [0, 0.05) is 5.92 Å². The largest absolute Gasteiger partial charge is 0.394 e. The molecule has 8 rings (SSSR count). The van der Waals surface area contributed by atoms with E-state index in [0.29, 0.717) is 38.5 Å². The van der Waals surface area contributed by atoms with Crippen molar-refractivity contribution in [2.75, 3.05) is 13.2 Å². The lowest BCUT2D eigenvalue weighted by Crippen LogP contribution is -2.71. The van der Waals surface area contributed by atoms with Gasteiger partial charge in [-0.1, -0.05) is 41.5 Å². The van der Waals surface area contributed by atoms with Crippen LogP contribution in [0.3, 0.4) is 0 Å². The second-order valence-electron chi connectivity index (χ2n) is 24.2. The fourth-order valence-corrected chi connectivity index (χ4v) is 15.9. The Hall–Kier alpha value is -0.720. The summed E-state index contributed by atoms with van der Waals surface area (Å²) in [4.78, 5) is 0. The molecule has 0 bridgehead atoms. The first-order chi connectivity index (χ1) is 30.5. The van der Waals surface area contributed by atoms with Gasteiger partial charge >= 0.3 is 0 Å². The van der Waals surface area contributed by atoms with E-state index in [-0.39, 0.29) is 35.9 Å². The number of hydrogen-bond donors (Lipinski definition) is 11. The normalized spacial score (nSPS) is 57.5. The quantitative estimate of drug-likeness (QED) is 0.138. The first kappa shape index (κ1) is 51.6. The molecule has 4 saturated heterocycles. The van der Waals surface area contributed by atoms with Crippen LogP contribution in [0.2, 0.25) is 0 Å². The van der Waals surface area contributed by atoms with Crippen molar-refractivity contribution in [3.05, 3.63) is 0 Å². The van der Waals surface area contributed by atoms with Gasteiger partial charge in [-0.25, -0.2) is 0 Å². The van der Waals surface area contributed by atoms with Crippen molar-refractivity contribution in [1.29, 1.82) is 0 Å². The molecule has 4 heterocycles. The standard InChI is InChI=1S/C48H82O18/c1-21-29(52)32(55)34(57)39(61-21)65-36-30(53)23(51)20-60-41(36)64-27-11-13-45(7)38(42(27,2)3)24(62-40-35(58)33(56)31(54)25(19-49)63-40)17-26-44(45,6)15-16-46(8)37(22(50)18-47(26,46)9)48(10)14-12-28(66-48)43(4,5)59/h21-41,49-59H,11-20H2,1-10H3/t21-,22-,23+,24-,25+,26+,27-,28-,29-,30-,31+,32+,33-,34+,35+,36+,37-,38-,39-,40+,41-,44+,45-,46+,47-,48+/m0/s1. The van der Waals surface area contributed by atoms with Crippen molar-refractivity contribution in [1.82, 2.24) is 0 Å². The number of fused-ring (bicyclic) bond motifs is 5. The molecule has 4 aliphatic carbocycles. The van der Waals surface area contributed by atoms with Crippen LogP contribution in [0, 0.1) is 44.8 Å². The van der Waals surface area contributed by atoms with E-state index in [4.69, 9.17) is 33.2 Å². The van der Waals surface area contributed by atoms with E-state index >= 15 is 0 Å². The molecular formula is C48H82O18. The predicted octanol–water partition coefficient (Wildman–Crippen LogP) is 0.212. The molecule has 0 amide bonds. The molecule has 26 atom stereocenters. The molecule has 8 aliphatic rings. The second kappa shape index (κ2) is 17.5. The highest BCUT2D eigenvalue weighted by Crippen LogP contribution is 2.79. The summed E-state index contributed by atoms with van der Waals surface area (Å²) in [7, 11) is 0. The highest BCUT2D eigenvalue weighted by atomic mass is 16.8. The summed E-state index contributed by atoms with van der Waals surface area (Å²) in [5.41, 5.74) is -4.26. The lowest BCUT2D eigenvalue weighted by atomic mass is 9.32. The number of aliphatic hydroxyl groups excluding tert-OH is 10. The highest BCUT2D eigenvalue weighted by molar-refractivity contribution is 5.25. The van der Waals surface area contributed by atoms with Crippen molar-refractivity contribution in [2.45, 2.75) is 242 Å². The maximum Gasteiger partial charge on any atom is 0.187 e. The monoisotopic (exact) mass is 947 g/mol. The Bertz CT molecular complexity index is 1730. The second-order valence-corrected chi connectivity index (χ2v) is 24.2. The van der Waals surface area contributed by atoms with E-state index in [9.17, 15) is 56.2 Å². The molecule has 4 aliphatic heterocycles. The molecule has 0 aromatic rings. The molecule has 0 aromatic heterocycles. The third kappa shape index (κ3) is 7.81. The molecule has 0 unspecified atom stereocenters. The van der Waals surface area contributed by atoms with Crippen LogP contribution in [-0.4, -0.2) is 191 Å². The van der Waals surface area contributed by atoms with E-state index in [1.165, 1.54) is 6.92 Å². The number of rotatable bonds is 9. The summed E-state index contributed by atoms with van der Waals surface area (Å²) in [5, 5.41) is 121. The van der Waals surface area contributed by atoms with E-state index in [1.807, 2.05) is 0 Å². The number of aliphatic hydroxyl groups is 11. The summed E-state index contributed by atoms with van der Waals surface area (Å²) in [6.45, 7) is 19.6. The third-order valence-corrected chi connectivity index (χ3v) is 19.8. The van der Waals surface area contributed by atoms with Crippen LogP contribution in [0.4, 0.5) is 0 Å². The van der Waals surface area contributed by atoms with Crippen LogP contribution in [0.25, 0.3) is 0 Å². The van der Waals surface area contributed by atoms with Gasteiger partial charge in [0.1, 0.15) is 61.0 Å². The average Bonchev–Trinajstić information content (AvgIpc) is 3.74. The van der Waals surface area contributed by atoms with Gasteiger partial charge in [-0.15, -0.1) is 0 Å². The summed E-state index contributed by atoms with van der Waals surface area (Å²) in [5.74, 6) is -0.647. The number of hydrogen-bond acceptors (Lipinski definition) is 18. The van der Waals surface area contributed by atoms with Crippen LogP contribution in [-0.2, 0) is 33.2 Å². The minimum atomic E-state index is -1.69. The fraction of sp³-hybridized carbons (Fsp3) is 1.00. The van der Waals surface area contributed by atoms with Gasteiger partial charge in [-0.3, -0.25) is 0 Å². The van der Waals surface area contributed by atoms with Gasteiger partial charge in [0.15, 0.2) is 18.9 Å². The van der Waals surface area contributed by atoms with Crippen LogP contribution < -0.4 is 0 Å². The Morgan fingerprint density at radius 3 is 1.83 bits per heavy atom. The summed E-state index contributed by atoms with van der Waals surface area (Å²) in [6, 6.07) is 0. The van der Waals surface area contributed by atoms with Crippen molar-refractivity contribution >= 4 is 0 Å². The highest BCUT2D eigenvalue weighted by Gasteiger charge is 2.77. The zero-order valence-corrected chi connectivity index (χ0v) is 40.5. The lowest BCUT2D eigenvalue weighted by molar-refractivity contribution is -0.373. The smallest absolute Gasteiger partial charge is 0.187 e. The SMILES string of the molecule is C[C@@H]1O[C@@H](O[C@H]2[C@H](O[C@H]3CC[C@@]4(C)[C@@H]([C@@H](O[C@@H]5O[C@H](CO)[C@@H](O)[C@H](O)[C@H]5O)C[C@H]5[C@]6(C)C[C@H](O)[C@H]([C@@]7(C)CC[C@@H](C(C)(C)O)O7)[C@@]6(C)CC[C@]54C)C3(C)C)OC[C@@H](O)[C@@H]2O)[C@H](O)[C@H](O)[C@H]1O. The van der Waals surface area contributed by atoms with Gasteiger partial charge in [0.25, 0.3) is 0 Å². The van der Waals surface area contributed by atoms with Gasteiger partial charge < -0.3 is 89.3 Å². The topological polar surface area (TPSA) is 287 Å². The van der Waals surface area contributed by atoms with Crippen LogP contribution in [0.5, 0.6) is 0 Å². The molecule has 4 saturated carbocycles. The summed E-state index contributed by atoms with van der Waals surface area (Å²) < 4.78 is 44.6. The van der Waals surface area contributed by atoms with E-state index in [2.05, 4.69) is 48.5 Å². The zero-order valence-electron chi connectivity index (χ0n) is 40.5.